The summed E-state index contributed by atoms with van der Waals surface area (Å²) in [6, 6.07) is 0. The molecule has 0 radical (unpaired) electrons. The minimum Gasteiger partial charge on any atom is -0.323 e. The van der Waals surface area contributed by atoms with Gasteiger partial charge in [0.15, 0.2) is 0 Å². The van der Waals surface area contributed by atoms with E-state index in [4.69, 9.17) is 5.84 Å². The summed E-state index contributed by atoms with van der Waals surface area (Å²) in [7, 11) is 0. The summed E-state index contributed by atoms with van der Waals surface area (Å²) in [6.07, 6.45) is 26.5. The van der Waals surface area contributed by atoms with Crippen LogP contribution in [0.3, 0.4) is 0 Å². The average molecular weight is 321 g/mol. The molecule has 134 valence electrons. The van der Waals surface area contributed by atoms with E-state index >= 15 is 0 Å². The van der Waals surface area contributed by atoms with E-state index in [2.05, 4.69) is 43.3 Å². The molecule has 0 aliphatic rings. The first-order valence-electron chi connectivity index (χ1n) is 9.90. The van der Waals surface area contributed by atoms with Crippen LogP contribution in [0.5, 0.6) is 0 Å². The Morgan fingerprint density at radius 3 is 1.39 bits per heavy atom. The molecule has 0 aromatic heterocycles. The first-order valence-corrected chi connectivity index (χ1v) is 9.90. The molecule has 0 amide bonds. The molecule has 0 spiro atoms. The number of nitrogens with zero attached hydrogens (tertiary/aromatic N) is 1. The Hall–Kier alpha value is -1.05. The van der Waals surface area contributed by atoms with Crippen molar-refractivity contribution in [2.75, 3.05) is 0 Å². The fraction of sp³-hybridized carbons (Fsp3) is 0.762. The highest BCUT2D eigenvalue weighted by molar-refractivity contribution is 5.84. The van der Waals surface area contributed by atoms with Gasteiger partial charge in [-0.15, -0.1) is 0 Å². The van der Waals surface area contributed by atoms with Crippen molar-refractivity contribution >= 4 is 5.71 Å². The Balaban J connectivity index is 3.53. The first-order chi connectivity index (χ1) is 11.3. The van der Waals surface area contributed by atoms with Crippen molar-refractivity contribution in [3.8, 4) is 0 Å². The predicted molar refractivity (Wildman–Crippen MR) is 106 cm³/mol. The number of unbranched alkanes of at least 4 members (excludes halogenated alkanes) is 8. The van der Waals surface area contributed by atoms with Gasteiger partial charge in [-0.1, -0.05) is 63.8 Å². The Morgan fingerprint density at radius 2 is 1.04 bits per heavy atom. The minimum absolute atomic E-state index is 1.05. The summed E-state index contributed by atoms with van der Waals surface area (Å²) in [4.78, 5) is 0. The molecule has 0 aromatic carbocycles. The van der Waals surface area contributed by atoms with Crippen molar-refractivity contribution in [2.45, 2.75) is 104 Å². The van der Waals surface area contributed by atoms with E-state index in [1.807, 2.05) is 0 Å². The molecule has 0 saturated carbocycles. The molecule has 0 aliphatic carbocycles. The second kappa shape index (κ2) is 19.0. The van der Waals surface area contributed by atoms with Gasteiger partial charge in [0.05, 0.1) is 0 Å². The van der Waals surface area contributed by atoms with Crippen molar-refractivity contribution in [1.82, 2.24) is 0 Å². The third-order valence-corrected chi connectivity index (χ3v) is 4.14. The van der Waals surface area contributed by atoms with Crippen molar-refractivity contribution < 1.29 is 0 Å². The van der Waals surface area contributed by atoms with Crippen molar-refractivity contribution in [2.24, 2.45) is 10.9 Å². The highest BCUT2D eigenvalue weighted by Gasteiger charge is 1.98. The Morgan fingerprint density at radius 1 is 0.652 bits per heavy atom. The SMILES string of the molecule is CCCCC/C=C\CCCC(CCC/C=C\CCCCC)=NN. The van der Waals surface area contributed by atoms with Gasteiger partial charge in [0.25, 0.3) is 0 Å². The Labute approximate surface area is 145 Å². The van der Waals surface area contributed by atoms with Crippen molar-refractivity contribution in [1.29, 1.82) is 0 Å². The minimum atomic E-state index is 1.05. The molecule has 0 atom stereocenters. The maximum Gasteiger partial charge on any atom is 0.0376 e. The van der Waals surface area contributed by atoms with E-state index in [9.17, 15) is 0 Å². The van der Waals surface area contributed by atoms with E-state index < -0.39 is 0 Å². The van der Waals surface area contributed by atoms with Crippen LogP contribution in [-0.4, -0.2) is 5.71 Å². The van der Waals surface area contributed by atoms with E-state index in [1.165, 1.54) is 69.9 Å². The van der Waals surface area contributed by atoms with Gasteiger partial charge in [-0.3, -0.25) is 0 Å². The van der Waals surface area contributed by atoms with Crippen molar-refractivity contribution in [3.05, 3.63) is 24.3 Å². The van der Waals surface area contributed by atoms with Crippen LogP contribution in [0.4, 0.5) is 0 Å². The predicted octanol–water partition coefficient (Wildman–Crippen LogP) is 6.91. The van der Waals surface area contributed by atoms with Crippen LogP contribution in [-0.2, 0) is 0 Å². The zero-order valence-electron chi connectivity index (χ0n) is 15.7. The van der Waals surface area contributed by atoms with Gasteiger partial charge in [0.1, 0.15) is 0 Å². The highest BCUT2D eigenvalue weighted by atomic mass is 15.1. The first kappa shape index (κ1) is 21.9. The number of hydrogen-bond donors (Lipinski definition) is 1. The molecular weight excluding hydrogens is 280 g/mol. The van der Waals surface area contributed by atoms with E-state index in [0.717, 1.165) is 25.7 Å². The zero-order chi connectivity index (χ0) is 17.0. The maximum absolute atomic E-state index is 5.52. The van der Waals surface area contributed by atoms with Gasteiger partial charge in [0, 0.05) is 5.71 Å². The smallest absolute Gasteiger partial charge is 0.0376 e. The molecule has 0 bridgehead atoms. The van der Waals surface area contributed by atoms with Crippen molar-refractivity contribution in [3.63, 3.8) is 0 Å². The Kier molecular flexibility index (Phi) is 18.1. The van der Waals surface area contributed by atoms with Crippen LogP contribution in [0.2, 0.25) is 0 Å². The summed E-state index contributed by atoms with van der Waals surface area (Å²) in [5, 5.41) is 3.97. The summed E-state index contributed by atoms with van der Waals surface area (Å²) in [5.41, 5.74) is 1.18. The lowest BCUT2D eigenvalue weighted by atomic mass is 10.1. The second-order valence-corrected chi connectivity index (χ2v) is 6.41. The number of nitrogens with two attached hydrogens (primary N) is 1. The standard InChI is InChI=1S/C21H40N2/c1-3-5-7-9-11-13-15-17-19-21(23-22)20-18-16-14-12-10-8-6-4-2/h11-14H,3-10,15-20,22H2,1-2H3/b13-11-,14-12-. The van der Waals surface area contributed by atoms with Crippen LogP contribution in [0, 0.1) is 0 Å². The summed E-state index contributed by atoms with van der Waals surface area (Å²) in [6.45, 7) is 4.50. The highest BCUT2D eigenvalue weighted by Crippen LogP contribution is 2.08. The van der Waals surface area contributed by atoms with Crippen LogP contribution in [0.15, 0.2) is 29.4 Å². The molecule has 0 rings (SSSR count). The molecule has 0 aliphatic heterocycles. The maximum atomic E-state index is 5.52. The van der Waals surface area contributed by atoms with Gasteiger partial charge < -0.3 is 5.84 Å². The van der Waals surface area contributed by atoms with Gasteiger partial charge in [-0.05, 0) is 64.2 Å². The topological polar surface area (TPSA) is 38.4 Å². The molecular formula is C21H40N2. The van der Waals surface area contributed by atoms with Crippen LogP contribution in [0.1, 0.15) is 104 Å². The van der Waals surface area contributed by atoms with Crippen LogP contribution >= 0.6 is 0 Å². The normalized spacial score (nSPS) is 11.6. The summed E-state index contributed by atoms with van der Waals surface area (Å²) in [5.74, 6) is 5.52. The van der Waals surface area contributed by atoms with Gasteiger partial charge in [0.2, 0.25) is 0 Å². The van der Waals surface area contributed by atoms with Crippen LogP contribution < -0.4 is 5.84 Å². The third-order valence-electron chi connectivity index (χ3n) is 4.14. The molecule has 2 N–H and O–H groups in total. The summed E-state index contributed by atoms with van der Waals surface area (Å²) >= 11 is 0. The lowest BCUT2D eigenvalue weighted by Crippen LogP contribution is -2.02. The molecule has 2 nitrogen and oxygen atoms in total. The molecule has 0 unspecified atom stereocenters. The fourth-order valence-corrected chi connectivity index (χ4v) is 2.60. The van der Waals surface area contributed by atoms with Gasteiger partial charge >= 0.3 is 0 Å². The lowest BCUT2D eigenvalue weighted by molar-refractivity contribution is 0.726. The molecule has 2 heteroatoms. The molecule has 0 fully saturated rings. The third kappa shape index (κ3) is 17.1. The molecule has 0 heterocycles. The van der Waals surface area contributed by atoms with Gasteiger partial charge in [-0.25, -0.2) is 0 Å². The quantitative estimate of drug-likeness (QED) is 0.108. The second-order valence-electron chi connectivity index (χ2n) is 6.41. The number of hydrazone groups is 1. The zero-order valence-corrected chi connectivity index (χ0v) is 15.7. The molecule has 0 aromatic rings. The number of hydrogen-bond acceptors (Lipinski definition) is 2. The number of rotatable bonds is 16. The average Bonchev–Trinajstić information content (AvgIpc) is 2.57. The lowest BCUT2D eigenvalue weighted by Gasteiger charge is -2.03. The van der Waals surface area contributed by atoms with E-state index in [0.29, 0.717) is 0 Å². The molecule has 0 saturated heterocycles. The molecule has 23 heavy (non-hydrogen) atoms. The Bertz CT molecular complexity index is 288. The number of allylic oxidation sites excluding steroid dienone is 4. The van der Waals surface area contributed by atoms with E-state index in [1.54, 1.807) is 0 Å². The van der Waals surface area contributed by atoms with E-state index in [-0.39, 0.29) is 0 Å². The fourth-order valence-electron chi connectivity index (χ4n) is 2.60. The monoisotopic (exact) mass is 320 g/mol. The summed E-state index contributed by atoms with van der Waals surface area (Å²) < 4.78 is 0. The van der Waals surface area contributed by atoms with Crippen LogP contribution in [0.25, 0.3) is 0 Å². The van der Waals surface area contributed by atoms with Gasteiger partial charge in [-0.2, -0.15) is 5.10 Å². The largest absolute Gasteiger partial charge is 0.323 e.